The Hall–Kier alpha value is -2.55. The molecule has 2 saturated heterocycles. The maximum absolute atomic E-state index is 13.8. The molecule has 170 valence electrons. The van der Waals surface area contributed by atoms with E-state index in [9.17, 15) is 18.0 Å². The molecule has 2 aromatic rings. The Morgan fingerprint density at radius 3 is 2.45 bits per heavy atom. The zero-order valence-corrected chi connectivity index (χ0v) is 17.6. The predicted octanol–water partition coefficient (Wildman–Crippen LogP) is 3.82. The minimum Gasteiger partial charge on any atom is -0.487 e. The minimum atomic E-state index is -0.694. The summed E-state index contributed by atoms with van der Waals surface area (Å²) in [7, 11) is 0.500. The van der Waals surface area contributed by atoms with Crippen molar-refractivity contribution in [1.29, 1.82) is 0 Å². The van der Waals surface area contributed by atoms with Gasteiger partial charge < -0.3 is 14.1 Å². The molecule has 9 heteroatoms. The molecule has 1 aromatic heterocycles. The molecule has 1 aromatic carbocycles. The normalized spacial score (nSPS) is 18.4. The van der Waals surface area contributed by atoms with E-state index in [0.29, 0.717) is 33.1 Å². The number of amides is 1. The standard InChI is InChI=1S/C21H25F2N3O3.CH3F/c22-16-1-2-20(19(23)11-16)29-17-5-9-26(10-6-17)21(27)15-3-7-25(8-4-15)13-18-12-24-14-28-18;1-2/h1-2,11-12,14-15,17H,3-10,13H2;1H3. The van der Waals surface area contributed by atoms with Gasteiger partial charge in [0.15, 0.2) is 18.0 Å². The lowest BCUT2D eigenvalue weighted by Gasteiger charge is -2.37. The fraction of sp³-hybridized carbons (Fsp3) is 0.545. The molecular weight excluding hydrogens is 411 g/mol. The first-order chi connectivity index (χ1) is 15.1. The third kappa shape index (κ3) is 6.22. The maximum Gasteiger partial charge on any atom is 0.225 e. The van der Waals surface area contributed by atoms with Gasteiger partial charge in [0.1, 0.15) is 17.7 Å². The van der Waals surface area contributed by atoms with Crippen LogP contribution >= 0.6 is 0 Å². The topological polar surface area (TPSA) is 58.8 Å². The van der Waals surface area contributed by atoms with Gasteiger partial charge in [-0.2, -0.15) is 0 Å². The third-order valence-corrected chi connectivity index (χ3v) is 5.74. The SMILES string of the molecule is CF.O=C(C1CCN(Cc2cnco2)CC1)N1CCC(Oc2ccc(F)cc2F)CC1. The van der Waals surface area contributed by atoms with Crippen LogP contribution in [0.1, 0.15) is 31.4 Å². The van der Waals surface area contributed by atoms with E-state index in [2.05, 4.69) is 9.88 Å². The maximum atomic E-state index is 13.8. The summed E-state index contributed by atoms with van der Waals surface area (Å²) >= 11 is 0. The zero-order valence-electron chi connectivity index (χ0n) is 17.6. The predicted molar refractivity (Wildman–Crippen MR) is 108 cm³/mol. The number of halogens is 3. The summed E-state index contributed by atoms with van der Waals surface area (Å²) < 4.78 is 47.2. The van der Waals surface area contributed by atoms with Gasteiger partial charge in [-0.25, -0.2) is 13.8 Å². The van der Waals surface area contributed by atoms with Crippen LogP contribution in [0.15, 0.2) is 35.2 Å². The van der Waals surface area contributed by atoms with Gasteiger partial charge in [0.2, 0.25) is 5.91 Å². The molecule has 0 bridgehead atoms. The number of ether oxygens (including phenoxy) is 1. The van der Waals surface area contributed by atoms with Crippen LogP contribution in [0.4, 0.5) is 13.2 Å². The van der Waals surface area contributed by atoms with E-state index in [-0.39, 0.29) is 23.7 Å². The van der Waals surface area contributed by atoms with E-state index in [1.54, 1.807) is 6.20 Å². The summed E-state index contributed by atoms with van der Waals surface area (Å²) in [6.45, 7) is 3.65. The number of likely N-dealkylation sites (tertiary alicyclic amines) is 2. The second kappa shape index (κ2) is 11.2. The van der Waals surface area contributed by atoms with Crippen molar-refractivity contribution in [3.05, 3.63) is 48.2 Å². The monoisotopic (exact) mass is 439 g/mol. The number of hydrogen-bond donors (Lipinski definition) is 0. The van der Waals surface area contributed by atoms with Gasteiger partial charge in [0, 0.05) is 37.9 Å². The van der Waals surface area contributed by atoms with Crippen molar-refractivity contribution in [3.63, 3.8) is 0 Å². The summed E-state index contributed by atoms with van der Waals surface area (Å²) in [4.78, 5) is 21.0. The van der Waals surface area contributed by atoms with Crippen LogP contribution in [0.5, 0.6) is 5.75 Å². The van der Waals surface area contributed by atoms with Crippen LogP contribution in [0.25, 0.3) is 0 Å². The molecule has 3 heterocycles. The number of carbonyl (C=O) groups excluding carboxylic acids is 1. The molecule has 2 aliphatic rings. The lowest BCUT2D eigenvalue weighted by atomic mass is 9.94. The highest BCUT2D eigenvalue weighted by molar-refractivity contribution is 5.79. The number of piperidine rings is 2. The Bertz CT molecular complexity index is 819. The van der Waals surface area contributed by atoms with Crippen molar-refractivity contribution in [2.45, 2.75) is 38.3 Å². The average molecular weight is 439 g/mol. The Labute approximate surface area is 180 Å². The van der Waals surface area contributed by atoms with Gasteiger partial charge in [-0.15, -0.1) is 0 Å². The quantitative estimate of drug-likeness (QED) is 0.709. The average Bonchev–Trinajstić information content (AvgIpc) is 3.31. The van der Waals surface area contributed by atoms with Crippen molar-refractivity contribution < 1.29 is 27.1 Å². The molecule has 0 radical (unpaired) electrons. The Morgan fingerprint density at radius 1 is 1.13 bits per heavy atom. The smallest absolute Gasteiger partial charge is 0.225 e. The molecule has 0 N–H and O–H groups in total. The minimum absolute atomic E-state index is 0.0491. The van der Waals surface area contributed by atoms with Crippen LogP contribution in [0, 0.1) is 17.6 Å². The van der Waals surface area contributed by atoms with Crippen LogP contribution < -0.4 is 4.74 Å². The molecule has 0 saturated carbocycles. The Morgan fingerprint density at radius 2 is 1.84 bits per heavy atom. The van der Waals surface area contributed by atoms with Gasteiger partial charge in [0.05, 0.1) is 19.9 Å². The molecule has 0 aliphatic carbocycles. The highest BCUT2D eigenvalue weighted by Gasteiger charge is 2.31. The summed E-state index contributed by atoms with van der Waals surface area (Å²) in [5, 5.41) is 0. The molecule has 0 spiro atoms. The molecule has 31 heavy (non-hydrogen) atoms. The fourth-order valence-electron chi connectivity index (χ4n) is 4.08. The molecule has 0 unspecified atom stereocenters. The largest absolute Gasteiger partial charge is 0.487 e. The van der Waals surface area contributed by atoms with Gasteiger partial charge in [-0.1, -0.05) is 0 Å². The number of nitrogens with zero attached hydrogens (tertiary/aromatic N) is 3. The summed E-state index contributed by atoms with van der Waals surface area (Å²) in [5.41, 5.74) is 0. The lowest BCUT2D eigenvalue weighted by molar-refractivity contribution is -0.139. The van der Waals surface area contributed by atoms with Crippen molar-refractivity contribution >= 4 is 5.91 Å². The van der Waals surface area contributed by atoms with Gasteiger partial charge in [-0.05, 0) is 38.1 Å². The van der Waals surface area contributed by atoms with Crippen molar-refractivity contribution in [2.24, 2.45) is 5.92 Å². The molecule has 2 fully saturated rings. The zero-order chi connectivity index (χ0) is 22.2. The van der Waals surface area contributed by atoms with E-state index in [0.717, 1.165) is 44.3 Å². The molecular formula is C22H28F3N3O3. The second-order valence-corrected chi connectivity index (χ2v) is 7.74. The number of hydrogen-bond acceptors (Lipinski definition) is 5. The van der Waals surface area contributed by atoms with Crippen LogP contribution in [-0.2, 0) is 11.3 Å². The van der Waals surface area contributed by atoms with E-state index >= 15 is 0 Å². The van der Waals surface area contributed by atoms with E-state index in [4.69, 9.17) is 9.15 Å². The summed E-state index contributed by atoms with van der Waals surface area (Å²) in [6, 6.07) is 3.32. The van der Waals surface area contributed by atoms with Crippen LogP contribution in [-0.4, -0.2) is 60.2 Å². The first-order valence-corrected chi connectivity index (χ1v) is 10.5. The molecule has 0 atom stereocenters. The molecule has 4 rings (SSSR count). The van der Waals surface area contributed by atoms with E-state index in [1.807, 2.05) is 4.90 Å². The van der Waals surface area contributed by atoms with Gasteiger partial charge in [-0.3, -0.25) is 14.1 Å². The Kier molecular flexibility index (Phi) is 8.34. The van der Waals surface area contributed by atoms with E-state index < -0.39 is 11.6 Å². The van der Waals surface area contributed by atoms with Crippen LogP contribution in [0.2, 0.25) is 0 Å². The number of alkyl halides is 1. The number of carbonyl (C=O) groups is 1. The van der Waals surface area contributed by atoms with E-state index in [1.165, 1.54) is 18.5 Å². The first-order valence-electron chi connectivity index (χ1n) is 10.5. The van der Waals surface area contributed by atoms with Crippen LogP contribution in [0.3, 0.4) is 0 Å². The first kappa shape index (κ1) is 23.1. The van der Waals surface area contributed by atoms with Crippen molar-refractivity contribution in [1.82, 2.24) is 14.8 Å². The van der Waals surface area contributed by atoms with Crippen molar-refractivity contribution in [3.8, 4) is 5.75 Å². The number of aromatic nitrogens is 1. The van der Waals surface area contributed by atoms with Crippen molar-refractivity contribution in [2.75, 3.05) is 33.4 Å². The number of oxazole rings is 1. The Balaban J connectivity index is 0.00000132. The van der Waals surface area contributed by atoms with Gasteiger partial charge >= 0.3 is 0 Å². The number of rotatable bonds is 5. The second-order valence-electron chi connectivity index (χ2n) is 7.74. The number of benzene rings is 1. The highest BCUT2D eigenvalue weighted by Crippen LogP contribution is 2.26. The molecule has 1 amide bonds. The molecule has 2 aliphatic heterocycles. The highest BCUT2D eigenvalue weighted by atomic mass is 19.1. The summed E-state index contributed by atoms with van der Waals surface area (Å²) in [6.07, 6.45) is 5.96. The molecule has 6 nitrogen and oxygen atoms in total. The summed E-state index contributed by atoms with van der Waals surface area (Å²) in [5.74, 6) is -0.156. The van der Waals surface area contributed by atoms with Gasteiger partial charge in [0.25, 0.3) is 0 Å². The fourth-order valence-corrected chi connectivity index (χ4v) is 4.08. The lowest BCUT2D eigenvalue weighted by Crippen LogP contribution is -2.46. The third-order valence-electron chi connectivity index (χ3n) is 5.74.